The van der Waals surface area contributed by atoms with Crippen LogP contribution in [0.1, 0.15) is 26.3 Å². The molecule has 0 atom stereocenters. The molecule has 0 bridgehead atoms. The Morgan fingerprint density at radius 1 is 0.848 bits per heavy atom. The summed E-state index contributed by atoms with van der Waals surface area (Å²) in [6, 6.07) is 18.8. The maximum atomic E-state index is 13.0. The van der Waals surface area contributed by atoms with Crippen molar-refractivity contribution in [3.05, 3.63) is 89.5 Å². The molecule has 0 fully saturated rings. The lowest BCUT2D eigenvalue weighted by molar-refractivity contribution is 0.0472. The van der Waals surface area contributed by atoms with Gasteiger partial charge in [0.25, 0.3) is 10.0 Å². The number of nitrogens with zero attached hydrogens (tertiary/aromatic N) is 1. The third-order valence-electron chi connectivity index (χ3n) is 4.89. The number of rotatable bonds is 8. The zero-order chi connectivity index (χ0) is 24.0. The van der Waals surface area contributed by atoms with E-state index in [2.05, 4.69) is 4.74 Å². The van der Waals surface area contributed by atoms with E-state index >= 15 is 0 Å². The highest BCUT2D eigenvalue weighted by Gasteiger charge is 2.24. The van der Waals surface area contributed by atoms with Crippen LogP contribution in [0, 0.1) is 0 Å². The zero-order valence-electron chi connectivity index (χ0n) is 18.3. The van der Waals surface area contributed by atoms with Crippen LogP contribution in [0.25, 0.3) is 0 Å². The average molecular weight is 470 g/mol. The van der Waals surface area contributed by atoms with Crippen LogP contribution in [0.15, 0.2) is 77.7 Å². The Kier molecular flexibility index (Phi) is 7.34. The summed E-state index contributed by atoms with van der Waals surface area (Å²) >= 11 is 0. The minimum Gasteiger partial charge on any atom is -0.495 e. The molecule has 3 aromatic rings. The molecular formula is C24H23NO7S. The Balaban J connectivity index is 1.71. The fourth-order valence-electron chi connectivity index (χ4n) is 3.08. The second-order valence-electron chi connectivity index (χ2n) is 6.94. The van der Waals surface area contributed by atoms with Crippen molar-refractivity contribution in [1.82, 2.24) is 0 Å². The predicted molar refractivity (Wildman–Crippen MR) is 122 cm³/mol. The second-order valence-corrected chi connectivity index (χ2v) is 8.91. The number of carbonyl (C=O) groups excluding carboxylic acids is 2. The van der Waals surface area contributed by atoms with Gasteiger partial charge in [-0.15, -0.1) is 0 Å². The third-order valence-corrected chi connectivity index (χ3v) is 6.68. The standard InChI is InChI=1S/C24H23NO7S/c1-25(21-9-4-5-10-22(21)30-2)33(28,29)20-13-11-18(12-14-20)24(27)32-16-17-7-6-8-19(15-17)23(26)31-3/h4-15H,16H2,1-3H3. The lowest BCUT2D eigenvalue weighted by Gasteiger charge is -2.21. The van der Waals surface area contributed by atoms with Crippen LogP contribution in [0.5, 0.6) is 5.75 Å². The average Bonchev–Trinajstić information content (AvgIpc) is 2.86. The first-order valence-corrected chi connectivity index (χ1v) is 11.3. The van der Waals surface area contributed by atoms with Crippen LogP contribution in [0.2, 0.25) is 0 Å². The van der Waals surface area contributed by atoms with Gasteiger partial charge in [0.2, 0.25) is 0 Å². The molecule has 172 valence electrons. The van der Waals surface area contributed by atoms with E-state index < -0.39 is 22.0 Å². The first-order chi connectivity index (χ1) is 15.8. The van der Waals surface area contributed by atoms with Crippen LogP contribution in [-0.2, 0) is 26.1 Å². The molecule has 0 aliphatic heterocycles. The number of methoxy groups -OCH3 is 2. The van der Waals surface area contributed by atoms with Gasteiger partial charge in [-0.05, 0) is 54.1 Å². The quantitative estimate of drug-likeness (QED) is 0.464. The summed E-state index contributed by atoms with van der Waals surface area (Å²) in [7, 11) is 0.296. The van der Waals surface area contributed by atoms with Crippen molar-refractivity contribution >= 4 is 27.6 Å². The molecular weight excluding hydrogens is 446 g/mol. The van der Waals surface area contributed by atoms with Gasteiger partial charge in [-0.2, -0.15) is 0 Å². The molecule has 3 aromatic carbocycles. The van der Waals surface area contributed by atoms with Gasteiger partial charge in [-0.1, -0.05) is 24.3 Å². The summed E-state index contributed by atoms with van der Waals surface area (Å²) in [6.45, 7) is -0.0553. The van der Waals surface area contributed by atoms with Gasteiger partial charge in [0, 0.05) is 7.05 Å². The van der Waals surface area contributed by atoms with Crippen molar-refractivity contribution in [2.45, 2.75) is 11.5 Å². The minimum absolute atomic E-state index is 0.0123. The van der Waals surface area contributed by atoms with Gasteiger partial charge in [-0.25, -0.2) is 18.0 Å². The maximum Gasteiger partial charge on any atom is 0.338 e. The van der Waals surface area contributed by atoms with Gasteiger partial charge < -0.3 is 14.2 Å². The van der Waals surface area contributed by atoms with E-state index in [1.165, 1.54) is 45.5 Å². The van der Waals surface area contributed by atoms with E-state index in [4.69, 9.17) is 9.47 Å². The molecule has 0 spiro atoms. The van der Waals surface area contributed by atoms with Gasteiger partial charge in [0.05, 0.1) is 35.9 Å². The minimum atomic E-state index is -3.88. The summed E-state index contributed by atoms with van der Waals surface area (Å²) in [5, 5.41) is 0. The van der Waals surface area contributed by atoms with Crippen molar-refractivity contribution in [2.75, 3.05) is 25.6 Å². The van der Waals surface area contributed by atoms with Gasteiger partial charge >= 0.3 is 11.9 Å². The molecule has 33 heavy (non-hydrogen) atoms. The highest BCUT2D eigenvalue weighted by Crippen LogP contribution is 2.30. The van der Waals surface area contributed by atoms with Crippen LogP contribution in [-0.4, -0.2) is 41.6 Å². The summed E-state index contributed by atoms with van der Waals surface area (Å²) in [5.41, 5.74) is 1.54. The molecule has 0 saturated carbocycles. The van der Waals surface area contributed by atoms with Gasteiger partial charge in [0.15, 0.2) is 0 Å². The molecule has 0 amide bonds. The summed E-state index contributed by atoms with van der Waals surface area (Å²) < 4.78 is 42.4. The Labute approximate surface area is 192 Å². The number of para-hydroxylation sites is 2. The summed E-state index contributed by atoms with van der Waals surface area (Å²) in [5.74, 6) is -0.696. The molecule has 0 N–H and O–H groups in total. The smallest absolute Gasteiger partial charge is 0.338 e. The topological polar surface area (TPSA) is 99.2 Å². The first-order valence-electron chi connectivity index (χ1n) is 9.84. The normalized spacial score (nSPS) is 10.9. The fraction of sp³-hybridized carbons (Fsp3) is 0.167. The number of benzene rings is 3. The lowest BCUT2D eigenvalue weighted by Crippen LogP contribution is -2.27. The van der Waals surface area contributed by atoms with Gasteiger partial charge in [-0.3, -0.25) is 4.31 Å². The molecule has 0 aliphatic carbocycles. The van der Waals surface area contributed by atoms with Crippen LogP contribution >= 0.6 is 0 Å². The highest BCUT2D eigenvalue weighted by molar-refractivity contribution is 7.92. The van der Waals surface area contributed by atoms with E-state index in [-0.39, 0.29) is 17.1 Å². The fourth-order valence-corrected chi connectivity index (χ4v) is 4.28. The number of ether oxygens (including phenoxy) is 3. The Hall–Kier alpha value is -3.85. The van der Waals surface area contributed by atoms with Crippen molar-refractivity contribution in [2.24, 2.45) is 0 Å². The Bertz CT molecular complexity index is 1250. The maximum absolute atomic E-state index is 13.0. The van der Waals surface area contributed by atoms with Gasteiger partial charge in [0.1, 0.15) is 12.4 Å². The van der Waals surface area contributed by atoms with E-state index in [1.807, 2.05) is 0 Å². The Morgan fingerprint density at radius 3 is 2.21 bits per heavy atom. The molecule has 3 rings (SSSR count). The number of anilines is 1. The lowest BCUT2D eigenvalue weighted by atomic mass is 10.1. The first kappa shape index (κ1) is 23.8. The molecule has 0 unspecified atom stereocenters. The zero-order valence-corrected chi connectivity index (χ0v) is 19.2. The number of sulfonamides is 1. The molecule has 0 radical (unpaired) electrons. The molecule has 8 nitrogen and oxygen atoms in total. The predicted octanol–water partition coefficient (Wildman–Crippen LogP) is 3.66. The van der Waals surface area contributed by atoms with Crippen LogP contribution < -0.4 is 9.04 Å². The van der Waals surface area contributed by atoms with Crippen molar-refractivity contribution in [3.63, 3.8) is 0 Å². The number of carbonyl (C=O) groups is 2. The largest absolute Gasteiger partial charge is 0.495 e. The summed E-state index contributed by atoms with van der Waals surface area (Å²) in [6.07, 6.45) is 0. The van der Waals surface area contributed by atoms with E-state index in [0.717, 1.165) is 4.31 Å². The monoisotopic (exact) mass is 469 g/mol. The van der Waals surface area contributed by atoms with Crippen LogP contribution in [0.4, 0.5) is 5.69 Å². The number of esters is 2. The van der Waals surface area contributed by atoms with E-state index in [1.54, 1.807) is 48.5 Å². The number of hydrogen-bond acceptors (Lipinski definition) is 7. The van der Waals surface area contributed by atoms with E-state index in [9.17, 15) is 18.0 Å². The third kappa shape index (κ3) is 5.32. The number of hydrogen-bond donors (Lipinski definition) is 0. The molecule has 0 aliphatic rings. The summed E-state index contributed by atoms with van der Waals surface area (Å²) in [4.78, 5) is 24.0. The highest BCUT2D eigenvalue weighted by atomic mass is 32.2. The van der Waals surface area contributed by atoms with Crippen molar-refractivity contribution < 1.29 is 32.2 Å². The van der Waals surface area contributed by atoms with Crippen molar-refractivity contribution in [1.29, 1.82) is 0 Å². The van der Waals surface area contributed by atoms with Crippen molar-refractivity contribution in [3.8, 4) is 5.75 Å². The molecule has 0 heterocycles. The Morgan fingerprint density at radius 2 is 1.55 bits per heavy atom. The molecule has 0 aromatic heterocycles. The molecule has 9 heteroatoms. The molecule has 0 saturated heterocycles. The second kappa shape index (κ2) is 10.2. The van der Waals surface area contributed by atoms with E-state index in [0.29, 0.717) is 22.6 Å². The SMILES string of the molecule is COC(=O)c1cccc(COC(=O)c2ccc(S(=O)(=O)N(C)c3ccccc3OC)cc2)c1. The van der Waals surface area contributed by atoms with Crippen LogP contribution in [0.3, 0.4) is 0 Å².